The zero-order chi connectivity index (χ0) is 13.0. The van der Waals surface area contributed by atoms with Crippen molar-refractivity contribution in [2.45, 2.75) is 13.3 Å². The van der Waals surface area contributed by atoms with E-state index in [2.05, 4.69) is 13.0 Å². The summed E-state index contributed by atoms with van der Waals surface area (Å²) in [5.41, 5.74) is 3.20. The largest absolute Gasteiger partial charge is 0.508 e. The number of phenolic OH excluding ortho intramolecular Hbond substituents is 2. The summed E-state index contributed by atoms with van der Waals surface area (Å²) in [5, 5.41) is 18.7. The van der Waals surface area contributed by atoms with E-state index < -0.39 is 0 Å². The van der Waals surface area contributed by atoms with Gasteiger partial charge in [0.25, 0.3) is 0 Å². The highest BCUT2D eigenvalue weighted by atomic mass is 16.3. The lowest BCUT2D eigenvalue weighted by Gasteiger charge is -2.06. The third-order valence-corrected chi connectivity index (χ3v) is 2.83. The molecule has 2 N–H and O–H groups in total. The predicted molar refractivity (Wildman–Crippen MR) is 74.4 cm³/mol. The molecule has 0 aliphatic carbocycles. The summed E-state index contributed by atoms with van der Waals surface area (Å²) >= 11 is 0. The topological polar surface area (TPSA) is 40.5 Å². The molecule has 0 radical (unpaired) electrons. The van der Waals surface area contributed by atoms with E-state index >= 15 is 0 Å². The fourth-order valence-corrected chi connectivity index (χ4v) is 1.87. The molecule has 92 valence electrons. The van der Waals surface area contributed by atoms with E-state index in [0.717, 1.165) is 23.1 Å². The molecule has 0 saturated carbocycles. The molecule has 0 atom stereocenters. The van der Waals surface area contributed by atoms with E-state index in [0.29, 0.717) is 0 Å². The van der Waals surface area contributed by atoms with Gasteiger partial charge in [-0.1, -0.05) is 37.3 Å². The van der Waals surface area contributed by atoms with Crippen LogP contribution in [0, 0.1) is 0 Å². The molecule has 2 nitrogen and oxygen atoms in total. The number of allylic oxidation sites excluding steroid dienone is 1. The van der Waals surface area contributed by atoms with Gasteiger partial charge in [0.05, 0.1) is 0 Å². The molecule has 18 heavy (non-hydrogen) atoms. The van der Waals surface area contributed by atoms with Crippen molar-refractivity contribution in [3.8, 4) is 11.5 Å². The van der Waals surface area contributed by atoms with Crippen LogP contribution in [0.1, 0.15) is 24.5 Å². The summed E-state index contributed by atoms with van der Waals surface area (Å²) in [4.78, 5) is 0. The fourth-order valence-electron chi connectivity index (χ4n) is 1.87. The molecule has 0 spiro atoms. The Morgan fingerprint density at radius 2 is 1.72 bits per heavy atom. The molecule has 2 aromatic carbocycles. The highest BCUT2D eigenvalue weighted by molar-refractivity contribution is 5.81. The van der Waals surface area contributed by atoms with Gasteiger partial charge in [-0.15, -0.1) is 0 Å². The first-order valence-corrected chi connectivity index (χ1v) is 5.98. The van der Waals surface area contributed by atoms with E-state index in [-0.39, 0.29) is 11.5 Å². The van der Waals surface area contributed by atoms with Gasteiger partial charge in [-0.2, -0.15) is 0 Å². The van der Waals surface area contributed by atoms with Gasteiger partial charge in [0.1, 0.15) is 11.5 Å². The molecule has 0 saturated heterocycles. The van der Waals surface area contributed by atoms with Gasteiger partial charge in [0, 0.05) is 0 Å². The Hall–Kier alpha value is -2.22. The minimum atomic E-state index is 0.266. The molecule has 2 rings (SSSR count). The summed E-state index contributed by atoms with van der Waals surface area (Å²) in [6, 6.07) is 14.3. The monoisotopic (exact) mass is 240 g/mol. The van der Waals surface area contributed by atoms with E-state index in [1.165, 1.54) is 0 Å². The van der Waals surface area contributed by atoms with Crippen molar-refractivity contribution in [2.24, 2.45) is 0 Å². The normalized spacial score (nSPS) is 11.5. The third-order valence-electron chi connectivity index (χ3n) is 2.83. The minimum Gasteiger partial charge on any atom is -0.508 e. The van der Waals surface area contributed by atoms with Crippen LogP contribution < -0.4 is 0 Å². The van der Waals surface area contributed by atoms with Crippen molar-refractivity contribution in [3.63, 3.8) is 0 Å². The van der Waals surface area contributed by atoms with Gasteiger partial charge < -0.3 is 10.2 Å². The number of hydrogen-bond donors (Lipinski definition) is 2. The van der Waals surface area contributed by atoms with Gasteiger partial charge in [-0.05, 0) is 47.4 Å². The average Bonchev–Trinajstić information content (AvgIpc) is 2.38. The molecule has 0 aliphatic rings. The lowest BCUT2D eigenvalue weighted by Crippen LogP contribution is -1.83. The quantitative estimate of drug-likeness (QED) is 0.794. The van der Waals surface area contributed by atoms with Crippen LogP contribution in [0.3, 0.4) is 0 Å². The Morgan fingerprint density at radius 1 is 1.00 bits per heavy atom. The molecule has 0 aliphatic heterocycles. The SMILES string of the molecule is CC/C(=C\c1ccc(O)cc1)c1cccc(O)c1. The Kier molecular flexibility index (Phi) is 3.68. The molecule has 2 heteroatoms. The van der Waals surface area contributed by atoms with Crippen molar-refractivity contribution in [2.75, 3.05) is 0 Å². The van der Waals surface area contributed by atoms with E-state index in [1.807, 2.05) is 24.3 Å². The van der Waals surface area contributed by atoms with Gasteiger partial charge in [0.2, 0.25) is 0 Å². The van der Waals surface area contributed by atoms with Crippen LogP contribution in [0.5, 0.6) is 11.5 Å². The average molecular weight is 240 g/mol. The lowest BCUT2D eigenvalue weighted by molar-refractivity contribution is 0.474. The number of rotatable bonds is 3. The highest BCUT2D eigenvalue weighted by Crippen LogP contribution is 2.24. The van der Waals surface area contributed by atoms with Crippen LogP contribution in [-0.2, 0) is 0 Å². The van der Waals surface area contributed by atoms with E-state index in [9.17, 15) is 10.2 Å². The van der Waals surface area contributed by atoms with Crippen LogP contribution in [0.4, 0.5) is 0 Å². The summed E-state index contributed by atoms with van der Waals surface area (Å²) in [5.74, 6) is 0.542. The number of aromatic hydroxyl groups is 2. The molecule has 0 amide bonds. The first-order chi connectivity index (χ1) is 8.69. The Bertz CT molecular complexity index is 554. The summed E-state index contributed by atoms with van der Waals surface area (Å²) in [6.45, 7) is 2.08. The first-order valence-electron chi connectivity index (χ1n) is 5.98. The van der Waals surface area contributed by atoms with Gasteiger partial charge in [-0.25, -0.2) is 0 Å². The summed E-state index contributed by atoms with van der Waals surface area (Å²) in [6.07, 6.45) is 2.94. The molecule has 0 unspecified atom stereocenters. The van der Waals surface area contributed by atoms with Crippen LogP contribution in [0.25, 0.3) is 11.6 Å². The van der Waals surface area contributed by atoms with Crippen molar-refractivity contribution in [3.05, 3.63) is 59.7 Å². The zero-order valence-corrected chi connectivity index (χ0v) is 10.3. The second-order valence-electron chi connectivity index (χ2n) is 4.16. The Labute approximate surface area is 107 Å². The summed E-state index contributed by atoms with van der Waals surface area (Å²) in [7, 11) is 0. The van der Waals surface area contributed by atoms with Crippen LogP contribution in [-0.4, -0.2) is 10.2 Å². The maximum atomic E-state index is 9.50. The smallest absolute Gasteiger partial charge is 0.116 e. The van der Waals surface area contributed by atoms with Crippen LogP contribution >= 0.6 is 0 Å². The number of hydrogen-bond acceptors (Lipinski definition) is 2. The van der Waals surface area contributed by atoms with E-state index in [1.54, 1.807) is 24.3 Å². The molecule has 0 bridgehead atoms. The maximum Gasteiger partial charge on any atom is 0.116 e. The van der Waals surface area contributed by atoms with E-state index in [4.69, 9.17) is 0 Å². The maximum absolute atomic E-state index is 9.50. The van der Waals surface area contributed by atoms with Crippen molar-refractivity contribution >= 4 is 11.6 Å². The number of benzene rings is 2. The Balaban J connectivity index is 2.36. The van der Waals surface area contributed by atoms with Crippen LogP contribution in [0.15, 0.2) is 48.5 Å². The summed E-state index contributed by atoms with van der Waals surface area (Å²) < 4.78 is 0. The Morgan fingerprint density at radius 3 is 2.33 bits per heavy atom. The van der Waals surface area contributed by atoms with Gasteiger partial charge in [0.15, 0.2) is 0 Å². The lowest BCUT2D eigenvalue weighted by atomic mass is 10.0. The van der Waals surface area contributed by atoms with Crippen LogP contribution in [0.2, 0.25) is 0 Å². The highest BCUT2D eigenvalue weighted by Gasteiger charge is 2.01. The molecule has 0 aromatic heterocycles. The molecule has 2 aromatic rings. The third kappa shape index (κ3) is 2.92. The first kappa shape index (κ1) is 12.2. The molecular formula is C16H16O2. The minimum absolute atomic E-state index is 0.266. The second-order valence-corrected chi connectivity index (χ2v) is 4.16. The second kappa shape index (κ2) is 5.41. The van der Waals surface area contributed by atoms with Gasteiger partial charge in [-0.3, -0.25) is 0 Å². The predicted octanol–water partition coefficient (Wildman–Crippen LogP) is 4.05. The standard InChI is InChI=1S/C16H16O2/c1-2-13(14-4-3-5-16(18)11-14)10-12-6-8-15(17)9-7-12/h3-11,17-18H,2H2,1H3/b13-10+. The molecular weight excluding hydrogens is 224 g/mol. The van der Waals surface area contributed by atoms with Crippen molar-refractivity contribution in [1.29, 1.82) is 0 Å². The molecule has 0 heterocycles. The van der Waals surface area contributed by atoms with Gasteiger partial charge >= 0.3 is 0 Å². The molecule has 0 fully saturated rings. The van der Waals surface area contributed by atoms with Crippen molar-refractivity contribution < 1.29 is 10.2 Å². The fraction of sp³-hybridized carbons (Fsp3) is 0.125. The zero-order valence-electron chi connectivity index (χ0n) is 10.3. The number of phenols is 2. The van der Waals surface area contributed by atoms with Crippen molar-refractivity contribution in [1.82, 2.24) is 0 Å².